The highest BCUT2D eigenvalue weighted by atomic mass is 35.5. The van der Waals surface area contributed by atoms with Crippen molar-refractivity contribution in [1.29, 1.82) is 0 Å². The van der Waals surface area contributed by atoms with Crippen LogP contribution in [0, 0.1) is 0 Å². The van der Waals surface area contributed by atoms with Crippen LogP contribution in [-0.2, 0) is 15.0 Å². The molecule has 0 bridgehead atoms. The molecule has 2 heterocycles. The summed E-state index contributed by atoms with van der Waals surface area (Å²) in [5.41, 5.74) is 0.427. The number of benzene rings is 1. The van der Waals surface area contributed by atoms with Crippen LogP contribution >= 0.6 is 35.0 Å². The first kappa shape index (κ1) is 20.0. The minimum atomic E-state index is -3.76. The van der Waals surface area contributed by atoms with Crippen LogP contribution < -0.4 is 10.0 Å². The highest BCUT2D eigenvalue weighted by Gasteiger charge is 2.47. The van der Waals surface area contributed by atoms with Gasteiger partial charge in [-0.05, 0) is 43.4 Å². The van der Waals surface area contributed by atoms with Crippen molar-refractivity contribution in [3.8, 4) is 0 Å². The average Bonchev–Trinajstić information content (AvgIpc) is 2.96. The van der Waals surface area contributed by atoms with Gasteiger partial charge in [0.15, 0.2) is 0 Å². The number of amides is 1. The fourth-order valence-electron chi connectivity index (χ4n) is 3.11. The van der Waals surface area contributed by atoms with E-state index in [0.29, 0.717) is 22.2 Å². The van der Waals surface area contributed by atoms with Crippen LogP contribution in [-0.4, -0.2) is 42.5 Å². The maximum Gasteiger partial charge on any atom is 0.280 e. The second-order valence-corrected chi connectivity index (χ2v) is 10.7. The van der Waals surface area contributed by atoms with Crippen LogP contribution in [0.5, 0.6) is 0 Å². The van der Waals surface area contributed by atoms with Crippen LogP contribution in [0.3, 0.4) is 0 Å². The molecule has 0 aromatic heterocycles. The minimum Gasteiger partial charge on any atom is -0.325 e. The Kier molecular flexibility index (Phi) is 5.63. The monoisotopic (exact) mass is 435 g/mol. The van der Waals surface area contributed by atoms with Gasteiger partial charge in [0.25, 0.3) is 10.2 Å². The molecule has 6 nitrogen and oxygen atoms in total. The van der Waals surface area contributed by atoms with Crippen molar-refractivity contribution < 1.29 is 13.2 Å². The zero-order valence-corrected chi connectivity index (χ0v) is 17.3. The van der Waals surface area contributed by atoms with E-state index in [9.17, 15) is 13.2 Å². The van der Waals surface area contributed by atoms with Crippen molar-refractivity contribution >= 4 is 56.8 Å². The van der Waals surface area contributed by atoms with E-state index >= 15 is 0 Å². The normalized spacial score (nSPS) is 31.1. The summed E-state index contributed by atoms with van der Waals surface area (Å²) >= 11 is 13.5. The zero-order chi connectivity index (χ0) is 19.1. The van der Waals surface area contributed by atoms with E-state index in [1.165, 1.54) is 7.05 Å². The Hall–Kier alpha value is -0.770. The van der Waals surface area contributed by atoms with Gasteiger partial charge in [-0.3, -0.25) is 4.79 Å². The summed E-state index contributed by atoms with van der Waals surface area (Å²) in [5, 5.41) is 5.46. The number of nitrogens with zero attached hydrogens (tertiary/aromatic N) is 1. The summed E-state index contributed by atoms with van der Waals surface area (Å²) in [6.07, 6.45) is 3.12. The van der Waals surface area contributed by atoms with Crippen LogP contribution in [0.4, 0.5) is 5.69 Å². The third-order valence-electron chi connectivity index (χ3n) is 4.69. The van der Waals surface area contributed by atoms with Gasteiger partial charge in [-0.1, -0.05) is 29.3 Å². The molecule has 2 N–H and O–H groups in total. The summed E-state index contributed by atoms with van der Waals surface area (Å²) in [7, 11) is -2.36. The Morgan fingerprint density at radius 3 is 2.58 bits per heavy atom. The molecule has 0 radical (unpaired) electrons. The van der Waals surface area contributed by atoms with Gasteiger partial charge in [0.2, 0.25) is 5.91 Å². The topological polar surface area (TPSA) is 78.5 Å². The number of nitrogens with one attached hydrogen (secondary N) is 2. The molecule has 2 aliphatic heterocycles. The van der Waals surface area contributed by atoms with Gasteiger partial charge in [-0.25, -0.2) is 0 Å². The standard InChI is InChI=1S/C16H19Cl2N3O3S2/c1-16(4-3-5-25-16)14-9-13(21(2)26(23,24)20-14)15(22)19-12-7-10(17)6-11(18)8-12/h3,5-8,13-14,20H,4,9H2,1-2H3,(H,19,22)/t13-,14+,16?/m0/s1. The lowest BCUT2D eigenvalue weighted by atomic mass is 9.92. The first-order valence-corrected chi connectivity index (χ1v) is 11.0. The molecule has 0 aliphatic carbocycles. The molecular formula is C16H19Cl2N3O3S2. The molecule has 1 fully saturated rings. The van der Waals surface area contributed by atoms with E-state index in [2.05, 4.69) is 10.0 Å². The van der Waals surface area contributed by atoms with Gasteiger partial charge in [-0.2, -0.15) is 17.4 Å². The summed E-state index contributed by atoms with van der Waals surface area (Å²) in [6.45, 7) is 2.00. The number of hydrogen-bond acceptors (Lipinski definition) is 4. The van der Waals surface area contributed by atoms with Crippen molar-refractivity contribution in [1.82, 2.24) is 9.03 Å². The molecule has 10 heteroatoms. The summed E-state index contributed by atoms with van der Waals surface area (Å²) < 4.78 is 28.5. The number of carbonyl (C=O) groups is 1. The lowest BCUT2D eigenvalue weighted by Crippen LogP contribution is -2.63. The third kappa shape index (κ3) is 4.05. The Balaban J connectivity index is 1.83. The minimum absolute atomic E-state index is 0.313. The van der Waals surface area contributed by atoms with Crippen LogP contribution in [0.25, 0.3) is 0 Å². The number of carbonyl (C=O) groups excluding carboxylic acids is 1. The Morgan fingerprint density at radius 1 is 1.35 bits per heavy atom. The summed E-state index contributed by atoms with van der Waals surface area (Å²) in [4.78, 5) is 12.8. The molecule has 1 unspecified atom stereocenters. The molecule has 0 spiro atoms. The zero-order valence-electron chi connectivity index (χ0n) is 14.2. The highest BCUT2D eigenvalue weighted by molar-refractivity contribution is 8.03. The highest BCUT2D eigenvalue weighted by Crippen LogP contribution is 2.42. The SMILES string of the molecule is CN1[C@H](C(=O)Nc2cc(Cl)cc(Cl)c2)C[C@H](C2(C)CC=CS2)NS1(=O)=O. The van der Waals surface area contributed by atoms with E-state index in [0.717, 1.165) is 10.7 Å². The van der Waals surface area contributed by atoms with Crippen LogP contribution in [0.15, 0.2) is 29.7 Å². The van der Waals surface area contributed by atoms with Crippen LogP contribution in [0.2, 0.25) is 10.0 Å². The quantitative estimate of drug-likeness (QED) is 0.763. The smallest absolute Gasteiger partial charge is 0.280 e. The second kappa shape index (κ2) is 7.33. The number of allylic oxidation sites excluding steroid dienone is 1. The van der Waals surface area contributed by atoms with Gasteiger partial charge < -0.3 is 5.32 Å². The van der Waals surface area contributed by atoms with Crippen molar-refractivity contribution in [3.05, 3.63) is 39.7 Å². The Morgan fingerprint density at radius 2 is 2.00 bits per heavy atom. The maximum absolute atomic E-state index is 12.8. The van der Waals surface area contributed by atoms with E-state index in [-0.39, 0.29) is 10.8 Å². The number of likely N-dealkylation sites (N-methyl/N-ethyl adjacent to an activating group) is 1. The van der Waals surface area contributed by atoms with Crippen LogP contribution in [0.1, 0.15) is 19.8 Å². The number of rotatable bonds is 3. The Labute approximate surface area is 167 Å². The molecule has 3 atom stereocenters. The molecule has 2 aliphatic rings. The van der Waals surface area contributed by atoms with Crippen molar-refractivity contribution in [2.45, 2.75) is 36.6 Å². The first-order valence-electron chi connectivity index (χ1n) is 7.96. The van der Waals surface area contributed by atoms with E-state index in [4.69, 9.17) is 23.2 Å². The molecule has 1 aromatic rings. The molecular weight excluding hydrogens is 417 g/mol. The van der Waals surface area contributed by atoms with E-state index in [1.54, 1.807) is 30.0 Å². The average molecular weight is 436 g/mol. The second-order valence-electron chi connectivity index (χ2n) is 6.60. The number of anilines is 1. The molecule has 1 aromatic carbocycles. The van der Waals surface area contributed by atoms with Gasteiger partial charge in [0.1, 0.15) is 6.04 Å². The van der Waals surface area contributed by atoms with Gasteiger partial charge in [-0.15, -0.1) is 11.8 Å². The van der Waals surface area contributed by atoms with Gasteiger partial charge in [0, 0.05) is 33.6 Å². The number of halogens is 2. The van der Waals surface area contributed by atoms with Gasteiger partial charge >= 0.3 is 0 Å². The van der Waals surface area contributed by atoms with E-state index < -0.39 is 22.2 Å². The molecule has 1 saturated heterocycles. The third-order valence-corrected chi connectivity index (χ3v) is 8.04. The lowest BCUT2D eigenvalue weighted by Gasteiger charge is -2.42. The number of thioether (sulfide) groups is 1. The maximum atomic E-state index is 12.8. The predicted octanol–water partition coefficient (Wildman–Crippen LogP) is 3.25. The number of hydrogen-bond donors (Lipinski definition) is 2. The molecule has 3 rings (SSSR count). The molecule has 142 valence electrons. The fraction of sp³-hybridized carbons (Fsp3) is 0.438. The summed E-state index contributed by atoms with van der Waals surface area (Å²) in [6, 6.07) is 3.50. The molecule has 1 amide bonds. The summed E-state index contributed by atoms with van der Waals surface area (Å²) in [5.74, 6) is -0.416. The largest absolute Gasteiger partial charge is 0.325 e. The fourth-order valence-corrected chi connectivity index (χ4v) is 6.12. The Bertz CT molecular complexity index is 832. The van der Waals surface area contributed by atoms with Crippen molar-refractivity contribution in [2.75, 3.05) is 12.4 Å². The van der Waals surface area contributed by atoms with Crippen molar-refractivity contribution in [3.63, 3.8) is 0 Å². The molecule has 0 saturated carbocycles. The molecule has 26 heavy (non-hydrogen) atoms. The predicted molar refractivity (Wildman–Crippen MR) is 107 cm³/mol. The first-order chi connectivity index (χ1) is 12.1. The lowest BCUT2D eigenvalue weighted by molar-refractivity contribution is -0.120. The van der Waals surface area contributed by atoms with Gasteiger partial charge in [0.05, 0.1) is 0 Å². The van der Waals surface area contributed by atoms with E-state index in [1.807, 2.05) is 18.4 Å². The van der Waals surface area contributed by atoms with Crippen molar-refractivity contribution in [2.24, 2.45) is 0 Å².